The number of allylic oxidation sites excluding steroid dienone is 1. The summed E-state index contributed by atoms with van der Waals surface area (Å²) >= 11 is 2.81. The fourth-order valence-electron chi connectivity index (χ4n) is 0.289. The van der Waals surface area contributed by atoms with Gasteiger partial charge in [-0.15, -0.1) is 0 Å². The van der Waals surface area contributed by atoms with Crippen LogP contribution in [0.1, 0.15) is 0 Å². The molecule has 0 radical (unpaired) electrons. The molecule has 2 nitrogen and oxygen atoms in total. The second-order valence-corrected chi connectivity index (χ2v) is 2.33. The zero-order valence-electron chi connectivity index (χ0n) is 5.07. The highest BCUT2D eigenvalue weighted by molar-refractivity contribution is 9.18. The van der Waals surface area contributed by atoms with Gasteiger partial charge in [-0.3, -0.25) is 5.41 Å². The second kappa shape index (κ2) is 5.34. The number of rotatable bonds is 4. The molecular formula is C5H7BrF2N2. The smallest absolute Gasteiger partial charge is 0.255 e. The highest BCUT2D eigenvalue weighted by Crippen LogP contribution is 1.88. The number of hydrogen-bond acceptors (Lipinski definition) is 2. The topological polar surface area (TPSA) is 35.9 Å². The number of halogens is 3. The van der Waals surface area contributed by atoms with Crippen LogP contribution >= 0.6 is 15.9 Å². The molecule has 0 saturated carbocycles. The molecule has 0 unspecified atom stereocenters. The van der Waals surface area contributed by atoms with Gasteiger partial charge in [0.25, 0.3) is 6.43 Å². The molecule has 2 N–H and O–H groups in total. The summed E-state index contributed by atoms with van der Waals surface area (Å²) in [4.78, 5) is 0. The molecule has 0 bridgehead atoms. The van der Waals surface area contributed by atoms with Crippen LogP contribution in [0.15, 0.2) is 12.3 Å². The van der Waals surface area contributed by atoms with Crippen LogP contribution in [0.2, 0.25) is 0 Å². The lowest BCUT2D eigenvalue weighted by atomic mass is 10.6. The molecule has 0 rings (SSSR count). The maximum Gasteiger partial charge on any atom is 0.255 e. The molecule has 0 aromatic heterocycles. The molecular weight excluding hydrogens is 206 g/mol. The van der Waals surface area contributed by atoms with Crippen LogP contribution in [0, 0.1) is 5.41 Å². The molecule has 0 amide bonds. The molecule has 0 saturated heterocycles. The molecule has 5 heteroatoms. The highest BCUT2D eigenvalue weighted by atomic mass is 79.9. The number of nitrogens with one attached hydrogen (secondary N) is 2. The van der Waals surface area contributed by atoms with Crippen molar-refractivity contribution in [2.24, 2.45) is 0 Å². The van der Waals surface area contributed by atoms with E-state index in [1.54, 1.807) is 0 Å². The van der Waals surface area contributed by atoms with Crippen LogP contribution in [0.5, 0.6) is 0 Å². The SMILES string of the molecule is N=C(Br)/C=C\NCC(F)F. The second-order valence-electron chi connectivity index (χ2n) is 1.48. The van der Waals surface area contributed by atoms with E-state index < -0.39 is 6.43 Å². The van der Waals surface area contributed by atoms with Crippen LogP contribution in [-0.4, -0.2) is 17.6 Å². The highest BCUT2D eigenvalue weighted by Gasteiger charge is 1.96. The van der Waals surface area contributed by atoms with Crippen molar-refractivity contribution in [3.05, 3.63) is 12.3 Å². The zero-order valence-corrected chi connectivity index (χ0v) is 6.66. The van der Waals surface area contributed by atoms with Crippen molar-refractivity contribution in [1.82, 2.24) is 5.32 Å². The van der Waals surface area contributed by atoms with E-state index in [1.807, 2.05) is 0 Å². The molecule has 58 valence electrons. The Kier molecular flexibility index (Phi) is 5.10. The Morgan fingerprint density at radius 3 is 2.70 bits per heavy atom. The van der Waals surface area contributed by atoms with Crippen molar-refractivity contribution in [1.29, 1.82) is 5.41 Å². The first kappa shape index (κ1) is 9.55. The van der Waals surface area contributed by atoms with E-state index in [0.29, 0.717) is 0 Å². The average Bonchev–Trinajstić information content (AvgIpc) is 1.79. The zero-order chi connectivity index (χ0) is 7.98. The van der Waals surface area contributed by atoms with Gasteiger partial charge in [0.05, 0.1) is 11.2 Å². The minimum atomic E-state index is -2.35. The Hall–Kier alpha value is -0.450. The third kappa shape index (κ3) is 7.55. The van der Waals surface area contributed by atoms with Crippen LogP contribution in [0.4, 0.5) is 8.78 Å². The summed E-state index contributed by atoms with van der Waals surface area (Å²) in [5, 5.41) is 9.10. The molecule has 10 heavy (non-hydrogen) atoms. The predicted octanol–water partition coefficient (Wildman–Crippen LogP) is 1.73. The summed E-state index contributed by atoms with van der Waals surface area (Å²) in [6.07, 6.45) is 0.278. The van der Waals surface area contributed by atoms with Gasteiger partial charge in [0.15, 0.2) is 0 Å². The van der Waals surface area contributed by atoms with E-state index in [-0.39, 0.29) is 11.2 Å². The molecule has 0 heterocycles. The van der Waals surface area contributed by atoms with Gasteiger partial charge in [0.1, 0.15) is 0 Å². The fourth-order valence-corrected chi connectivity index (χ4v) is 0.421. The minimum Gasteiger partial charge on any atom is -0.385 e. The number of hydrogen-bond donors (Lipinski definition) is 2. The predicted molar refractivity (Wildman–Crippen MR) is 39.8 cm³/mol. The summed E-state index contributed by atoms with van der Waals surface area (Å²) in [7, 11) is 0. The van der Waals surface area contributed by atoms with Crippen LogP contribution in [0.25, 0.3) is 0 Å². The van der Waals surface area contributed by atoms with Crippen LogP contribution in [-0.2, 0) is 0 Å². The quantitative estimate of drug-likeness (QED) is 0.685. The lowest BCUT2D eigenvalue weighted by molar-refractivity contribution is 0.150. The van der Waals surface area contributed by atoms with E-state index in [0.717, 1.165) is 0 Å². The van der Waals surface area contributed by atoms with Crippen molar-refractivity contribution in [3.63, 3.8) is 0 Å². The molecule has 0 atom stereocenters. The van der Waals surface area contributed by atoms with Crippen molar-refractivity contribution in [3.8, 4) is 0 Å². The molecule has 0 aromatic rings. The summed E-state index contributed by atoms with van der Waals surface area (Å²) in [6, 6.07) is 0. The van der Waals surface area contributed by atoms with E-state index in [9.17, 15) is 8.78 Å². The van der Waals surface area contributed by atoms with Gasteiger partial charge in [0.2, 0.25) is 0 Å². The van der Waals surface area contributed by atoms with Crippen molar-refractivity contribution >= 4 is 20.6 Å². The normalized spacial score (nSPS) is 10.8. The van der Waals surface area contributed by atoms with E-state index >= 15 is 0 Å². The summed E-state index contributed by atoms with van der Waals surface area (Å²) in [5.74, 6) is 0. The van der Waals surface area contributed by atoms with Gasteiger partial charge in [-0.05, 0) is 28.2 Å². The molecule has 0 aliphatic rings. The van der Waals surface area contributed by atoms with Crippen molar-refractivity contribution in [2.75, 3.05) is 6.54 Å². The maximum atomic E-state index is 11.4. The summed E-state index contributed by atoms with van der Waals surface area (Å²) in [6.45, 7) is -0.378. The van der Waals surface area contributed by atoms with Gasteiger partial charge in [-0.1, -0.05) is 0 Å². The van der Waals surface area contributed by atoms with Gasteiger partial charge in [-0.2, -0.15) is 0 Å². The van der Waals surface area contributed by atoms with Crippen molar-refractivity contribution in [2.45, 2.75) is 6.43 Å². The Bertz CT molecular complexity index is 136. The first-order valence-corrected chi connectivity index (χ1v) is 3.34. The average molecular weight is 213 g/mol. The van der Waals surface area contributed by atoms with Crippen LogP contribution < -0.4 is 5.32 Å². The Labute approximate surface area is 65.9 Å². The fraction of sp³-hybridized carbons (Fsp3) is 0.400. The summed E-state index contributed by atoms with van der Waals surface area (Å²) in [5.41, 5.74) is 0. The third-order valence-electron chi connectivity index (χ3n) is 0.620. The van der Waals surface area contributed by atoms with Gasteiger partial charge < -0.3 is 5.32 Å². The maximum absolute atomic E-state index is 11.4. The Morgan fingerprint density at radius 2 is 2.30 bits per heavy atom. The standard InChI is InChI=1S/C5H7BrF2N2/c6-4(9)1-2-10-3-5(7)8/h1-2,5,9-10H,3H2/b2-1-,9-4?. The number of alkyl halides is 2. The van der Waals surface area contributed by atoms with Gasteiger partial charge in [0, 0.05) is 0 Å². The van der Waals surface area contributed by atoms with E-state index in [4.69, 9.17) is 5.41 Å². The monoisotopic (exact) mass is 212 g/mol. The lowest BCUT2D eigenvalue weighted by Crippen LogP contribution is -2.14. The third-order valence-corrected chi connectivity index (χ3v) is 0.884. The minimum absolute atomic E-state index is 0.147. The molecule has 0 aliphatic carbocycles. The molecule has 0 spiro atoms. The molecule has 0 fully saturated rings. The Morgan fingerprint density at radius 1 is 1.70 bits per heavy atom. The van der Waals surface area contributed by atoms with Crippen molar-refractivity contribution < 1.29 is 8.78 Å². The summed E-state index contributed by atoms with van der Waals surface area (Å²) < 4.78 is 22.9. The van der Waals surface area contributed by atoms with E-state index in [2.05, 4.69) is 21.2 Å². The molecule has 0 aliphatic heterocycles. The first-order chi connectivity index (χ1) is 4.63. The van der Waals surface area contributed by atoms with Gasteiger partial charge >= 0.3 is 0 Å². The van der Waals surface area contributed by atoms with Crippen LogP contribution in [0.3, 0.4) is 0 Å². The Balaban J connectivity index is 3.27. The largest absolute Gasteiger partial charge is 0.385 e. The lowest BCUT2D eigenvalue weighted by Gasteiger charge is -1.96. The van der Waals surface area contributed by atoms with Gasteiger partial charge in [-0.25, -0.2) is 8.78 Å². The first-order valence-electron chi connectivity index (χ1n) is 2.55. The molecule has 0 aromatic carbocycles. The van der Waals surface area contributed by atoms with E-state index in [1.165, 1.54) is 12.3 Å².